The minimum atomic E-state index is -1.03. The van der Waals surface area contributed by atoms with Crippen LogP contribution in [0.1, 0.15) is 31.0 Å². The molecule has 0 aliphatic heterocycles. The fourth-order valence-electron chi connectivity index (χ4n) is 1.39. The highest BCUT2D eigenvalue weighted by Gasteiger charge is 2.15. The van der Waals surface area contributed by atoms with Crippen molar-refractivity contribution in [2.45, 2.75) is 32.9 Å². The SMILES string of the molecule is Cc1cc(C(N)C(=O)O)ccc1OC(C)C. The van der Waals surface area contributed by atoms with E-state index < -0.39 is 12.0 Å². The maximum Gasteiger partial charge on any atom is 0.325 e. The summed E-state index contributed by atoms with van der Waals surface area (Å²) in [4.78, 5) is 10.7. The third-order valence-corrected chi connectivity index (χ3v) is 2.19. The lowest BCUT2D eigenvalue weighted by atomic mass is 10.0. The van der Waals surface area contributed by atoms with Gasteiger partial charge in [-0.2, -0.15) is 0 Å². The molecule has 0 fully saturated rings. The van der Waals surface area contributed by atoms with E-state index in [2.05, 4.69) is 0 Å². The van der Waals surface area contributed by atoms with E-state index in [9.17, 15) is 4.79 Å². The highest BCUT2D eigenvalue weighted by Crippen LogP contribution is 2.23. The number of aliphatic carboxylic acids is 1. The van der Waals surface area contributed by atoms with Gasteiger partial charge in [0.25, 0.3) is 0 Å². The van der Waals surface area contributed by atoms with Crippen molar-refractivity contribution in [1.29, 1.82) is 0 Å². The standard InChI is InChI=1S/C12H17NO3/c1-7(2)16-10-5-4-9(6-8(10)3)11(13)12(14)15/h4-7,11H,13H2,1-3H3,(H,14,15). The van der Waals surface area contributed by atoms with Gasteiger partial charge >= 0.3 is 5.97 Å². The first kappa shape index (κ1) is 12.5. The summed E-state index contributed by atoms with van der Waals surface area (Å²) in [5, 5.41) is 8.78. The van der Waals surface area contributed by atoms with Gasteiger partial charge in [0.15, 0.2) is 0 Å². The number of hydrogen-bond acceptors (Lipinski definition) is 3. The fraction of sp³-hybridized carbons (Fsp3) is 0.417. The van der Waals surface area contributed by atoms with Gasteiger partial charge in [0.05, 0.1) is 6.10 Å². The first-order valence-corrected chi connectivity index (χ1v) is 5.17. The lowest BCUT2D eigenvalue weighted by Crippen LogP contribution is -2.20. The van der Waals surface area contributed by atoms with Crippen LogP contribution in [0.25, 0.3) is 0 Å². The van der Waals surface area contributed by atoms with E-state index in [-0.39, 0.29) is 6.10 Å². The van der Waals surface area contributed by atoms with Gasteiger partial charge < -0.3 is 15.6 Å². The maximum atomic E-state index is 10.7. The van der Waals surface area contributed by atoms with Gasteiger partial charge in [-0.3, -0.25) is 4.79 Å². The Morgan fingerprint density at radius 3 is 2.50 bits per heavy atom. The van der Waals surface area contributed by atoms with Crippen molar-refractivity contribution in [3.05, 3.63) is 29.3 Å². The highest BCUT2D eigenvalue weighted by molar-refractivity contribution is 5.75. The average molecular weight is 223 g/mol. The second kappa shape index (κ2) is 4.99. The Balaban J connectivity index is 2.95. The monoisotopic (exact) mass is 223 g/mol. The zero-order valence-corrected chi connectivity index (χ0v) is 9.73. The summed E-state index contributed by atoms with van der Waals surface area (Å²) in [6.45, 7) is 5.75. The molecule has 4 nitrogen and oxygen atoms in total. The number of carboxylic acid groups (broad SMARTS) is 1. The second-order valence-electron chi connectivity index (χ2n) is 4.01. The summed E-state index contributed by atoms with van der Waals surface area (Å²) < 4.78 is 5.55. The molecule has 0 aliphatic rings. The Morgan fingerprint density at radius 1 is 1.44 bits per heavy atom. The van der Waals surface area contributed by atoms with Crippen molar-refractivity contribution in [1.82, 2.24) is 0 Å². The Bertz CT molecular complexity index is 388. The van der Waals surface area contributed by atoms with Crippen molar-refractivity contribution in [2.24, 2.45) is 5.73 Å². The van der Waals surface area contributed by atoms with Crippen LogP contribution in [0.5, 0.6) is 5.75 Å². The molecule has 0 aliphatic carbocycles. The molecule has 0 heterocycles. The van der Waals surface area contributed by atoms with Crippen molar-refractivity contribution < 1.29 is 14.6 Å². The number of benzene rings is 1. The van der Waals surface area contributed by atoms with Crippen LogP contribution in [0.3, 0.4) is 0 Å². The predicted octanol–water partition coefficient (Wildman–Crippen LogP) is 1.87. The molecule has 1 aromatic rings. The number of rotatable bonds is 4. The number of ether oxygens (including phenoxy) is 1. The molecule has 0 aromatic heterocycles. The van der Waals surface area contributed by atoms with Gasteiger partial charge in [0, 0.05) is 0 Å². The van der Waals surface area contributed by atoms with Crippen LogP contribution in [-0.2, 0) is 4.79 Å². The largest absolute Gasteiger partial charge is 0.491 e. The first-order chi connectivity index (χ1) is 7.41. The van der Waals surface area contributed by atoms with Crippen LogP contribution in [0.2, 0.25) is 0 Å². The molecule has 16 heavy (non-hydrogen) atoms. The molecule has 1 aromatic carbocycles. The van der Waals surface area contributed by atoms with E-state index in [0.717, 1.165) is 11.3 Å². The zero-order valence-electron chi connectivity index (χ0n) is 9.73. The topological polar surface area (TPSA) is 72.6 Å². The summed E-state index contributed by atoms with van der Waals surface area (Å²) in [5.41, 5.74) is 6.99. The first-order valence-electron chi connectivity index (χ1n) is 5.17. The van der Waals surface area contributed by atoms with Crippen molar-refractivity contribution in [2.75, 3.05) is 0 Å². The second-order valence-corrected chi connectivity index (χ2v) is 4.01. The van der Waals surface area contributed by atoms with Crippen LogP contribution in [-0.4, -0.2) is 17.2 Å². The third-order valence-electron chi connectivity index (χ3n) is 2.19. The predicted molar refractivity (Wildman–Crippen MR) is 61.5 cm³/mol. The third kappa shape index (κ3) is 2.97. The summed E-state index contributed by atoms with van der Waals surface area (Å²) >= 11 is 0. The number of nitrogens with two attached hydrogens (primary N) is 1. The van der Waals surface area contributed by atoms with E-state index >= 15 is 0 Å². The Kier molecular flexibility index (Phi) is 3.90. The van der Waals surface area contributed by atoms with Crippen LogP contribution in [0.15, 0.2) is 18.2 Å². The molecule has 3 N–H and O–H groups in total. The van der Waals surface area contributed by atoms with E-state index in [1.165, 1.54) is 0 Å². The van der Waals surface area contributed by atoms with Gasteiger partial charge in [-0.05, 0) is 38.0 Å². The average Bonchev–Trinajstić information content (AvgIpc) is 2.19. The minimum Gasteiger partial charge on any atom is -0.491 e. The Labute approximate surface area is 95.0 Å². The molecule has 0 saturated heterocycles. The van der Waals surface area contributed by atoms with Gasteiger partial charge in [-0.15, -0.1) is 0 Å². The molecule has 4 heteroatoms. The van der Waals surface area contributed by atoms with Gasteiger partial charge in [0.1, 0.15) is 11.8 Å². The summed E-state index contributed by atoms with van der Waals surface area (Å²) in [7, 11) is 0. The quantitative estimate of drug-likeness (QED) is 0.817. The molecule has 1 atom stereocenters. The lowest BCUT2D eigenvalue weighted by molar-refractivity contribution is -0.138. The number of carbonyl (C=O) groups is 1. The van der Waals surface area contributed by atoms with Crippen LogP contribution in [0.4, 0.5) is 0 Å². The summed E-state index contributed by atoms with van der Waals surface area (Å²) in [6.07, 6.45) is 0.0951. The van der Waals surface area contributed by atoms with Gasteiger partial charge in [-0.1, -0.05) is 12.1 Å². The highest BCUT2D eigenvalue weighted by atomic mass is 16.5. The van der Waals surface area contributed by atoms with E-state index in [4.69, 9.17) is 15.6 Å². The smallest absolute Gasteiger partial charge is 0.325 e. The summed E-state index contributed by atoms with van der Waals surface area (Å²) in [5.74, 6) is -0.270. The molecular weight excluding hydrogens is 206 g/mol. The lowest BCUT2D eigenvalue weighted by Gasteiger charge is -2.14. The molecule has 0 saturated carbocycles. The van der Waals surface area contributed by atoms with Crippen LogP contribution in [0, 0.1) is 6.92 Å². The van der Waals surface area contributed by atoms with Gasteiger partial charge in [-0.25, -0.2) is 0 Å². The van der Waals surface area contributed by atoms with Crippen molar-refractivity contribution in [3.63, 3.8) is 0 Å². The molecule has 1 unspecified atom stereocenters. The molecule has 0 bridgehead atoms. The fourth-order valence-corrected chi connectivity index (χ4v) is 1.39. The molecule has 0 radical (unpaired) electrons. The number of aryl methyl sites for hydroxylation is 1. The maximum absolute atomic E-state index is 10.7. The minimum absolute atomic E-state index is 0.0951. The zero-order chi connectivity index (χ0) is 12.3. The molecule has 1 rings (SSSR count). The van der Waals surface area contributed by atoms with Gasteiger partial charge in [0.2, 0.25) is 0 Å². The Morgan fingerprint density at radius 2 is 2.06 bits per heavy atom. The number of carboxylic acids is 1. The summed E-state index contributed by atoms with van der Waals surface area (Å²) in [6, 6.07) is 4.21. The number of hydrogen-bond donors (Lipinski definition) is 2. The van der Waals surface area contributed by atoms with E-state index in [1.54, 1.807) is 18.2 Å². The molecular formula is C12H17NO3. The van der Waals surface area contributed by atoms with Crippen molar-refractivity contribution >= 4 is 5.97 Å². The van der Waals surface area contributed by atoms with E-state index in [1.807, 2.05) is 20.8 Å². The molecule has 88 valence electrons. The van der Waals surface area contributed by atoms with E-state index in [0.29, 0.717) is 5.56 Å². The van der Waals surface area contributed by atoms with Crippen LogP contribution >= 0.6 is 0 Å². The van der Waals surface area contributed by atoms with Crippen molar-refractivity contribution in [3.8, 4) is 5.75 Å². The van der Waals surface area contributed by atoms with Crippen LogP contribution < -0.4 is 10.5 Å². The molecule has 0 spiro atoms. The normalized spacial score (nSPS) is 12.6. The molecule has 0 amide bonds. The Hall–Kier alpha value is -1.55.